The highest BCUT2D eigenvalue weighted by Gasteiger charge is 2.35. The fourth-order valence-electron chi connectivity index (χ4n) is 9.35. The Bertz CT molecular complexity index is 3090. The van der Waals surface area contributed by atoms with Gasteiger partial charge in [0, 0.05) is 33.9 Å². The zero-order chi connectivity index (χ0) is 38.8. The van der Waals surface area contributed by atoms with E-state index in [2.05, 4.69) is 206 Å². The van der Waals surface area contributed by atoms with Crippen LogP contribution in [0.2, 0.25) is 0 Å². The summed E-state index contributed by atoms with van der Waals surface area (Å²) in [6, 6.07) is 70.4. The lowest BCUT2D eigenvalue weighted by molar-refractivity contribution is 0.660. The Morgan fingerprint density at radius 2 is 1.07 bits per heavy atom. The number of amidine groups is 1. The van der Waals surface area contributed by atoms with Gasteiger partial charge in [-0.05, 0) is 98.1 Å². The highest BCUT2D eigenvalue weighted by molar-refractivity contribution is 6.14. The van der Waals surface area contributed by atoms with Crippen molar-refractivity contribution in [3.63, 3.8) is 0 Å². The molecule has 0 spiro atoms. The lowest BCUT2D eigenvalue weighted by atomic mass is 9.81. The van der Waals surface area contributed by atoms with E-state index in [1.165, 1.54) is 71.9 Å². The maximum absolute atomic E-state index is 5.14. The molecule has 2 aliphatic rings. The number of benzene rings is 8. The second kappa shape index (κ2) is 13.5. The van der Waals surface area contributed by atoms with Crippen LogP contribution >= 0.6 is 0 Å². The molecule has 58 heavy (non-hydrogen) atoms. The Morgan fingerprint density at radius 3 is 1.88 bits per heavy atom. The third kappa shape index (κ3) is 5.65. The largest absolute Gasteiger partial charge is 0.309 e. The van der Waals surface area contributed by atoms with Gasteiger partial charge in [0.15, 0.2) is 5.84 Å². The molecular weight excluding hydrogens is 703 g/mol. The SMILES string of the molecule is CC1(C)c2ccccc2-c2ccc(-c3cccc(-c4ccc5c(c4)c4ccccc4n5-c4ccc(C5=NC(c6ccccc6)=NC(c6ccccc6)C5)cc4)c3)cc21. The van der Waals surface area contributed by atoms with Crippen molar-refractivity contribution in [3.05, 3.63) is 222 Å². The predicted molar refractivity (Wildman–Crippen MR) is 243 cm³/mol. The van der Waals surface area contributed by atoms with Gasteiger partial charge in [0.1, 0.15) is 0 Å². The topological polar surface area (TPSA) is 29.6 Å². The first kappa shape index (κ1) is 34.2. The van der Waals surface area contributed by atoms with Gasteiger partial charge in [-0.15, -0.1) is 0 Å². The van der Waals surface area contributed by atoms with E-state index < -0.39 is 0 Å². The third-order valence-electron chi connectivity index (χ3n) is 12.4. The molecular formula is C55H41N3. The summed E-state index contributed by atoms with van der Waals surface area (Å²) in [7, 11) is 0. The molecule has 0 N–H and O–H groups in total. The minimum absolute atomic E-state index is 0.00854. The smallest absolute Gasteiger partial charge is 0.155 e. The van der Waals surface area contributed by atoms with Crippen LogP contribution in [0.5, 0.6) is 0 Å². The van der Waals surface area contributed by atoms with Crippen molar-refractivity contribution >= 4 is 33.4 Å². The molecule has 0 radical (unpaired) electrons. The average molecular weight is 744 g/mol. The van der Waals surface area contributed by atoms with Gasteiger partial charge in [0.2, 0.25) is 0 Å². The van der Waals surface area contributed by atoms with Crippen molar-refractivity contribution in [2.45, 2.75) is 31.7 Å². The second-order valence-electron chi connectivity index (χ2n) is 16.2. The maximum atomic E-state index is 5.14. The third-order valence-corrected chi connectivity index (χ3v) is 12.4. The lowest BCUT2D eigenvalue weighted by Gasteiger charge is -2.22. The van der Waals surface area contributed by atoms with E-state index >= 15 is 0 Å². The van der Waals surface area contributed by atoms with Crippen molar-refractivity contribution in [1.29, 1.82) is 0 Å². The molecule has 3 nitrogen and oxygen atoms in total. The van der Waals surface area contributed by atoms with Crippen LogP contribution in [0.4, 0.5) is 0 Å². The Hall–Kier alpha value is -7.10. The van der Waals surface area contributed by atoms with E-state index in [0.29, 0.717) is 0 Å². The zero-order valence-electron chi connectivity index (χ0n) is 32.6. The summed E-state index contributed by atoms with van der Waals surface area (Å²) in [6.45, 7) is 4.70. The van der Waals surface area contributed by atoms with Crippen molar-refractivity contribution in [3.8, 4) is 39.1 Å². The molecule has 3 heteroatoms. The van der Waals surface area contributed by atoms with Crippen LogP contribution in [0, 0.1) is 0 Å². The minimum Gasteiger partial charge on any atom is -0.309 e. The van der Waals surface area contributed by atoms with Crippen molar-refractivity contribution in [1.82, 2.24) is 4.57 Å². The van der Waals surface area contributed by atoms with E-state index in [9.17, 15) is 0 Å². The quantitative estimate of drug-likeness (QED) is 0.162. The highest BCUT2D eigenvalue weighted by Crippen LogP contribution is 2.49. The van der Waals surface area contributed by atoms with Crippen LogP contribution in [-0.4, -0.2) is 16.1 Å². The molecule has 0 bridgehead atoms. The molecule has 9 aromatic rings. The van der Waals surface area contributed by atoms with Gasteiger partial charge in [0.25, 0.3) is 0 Å². The molecule has 0 saturated heterocycles. The van der Waals surface area contributed by atoms with Gasteiger partial charge < -0.3 is 4.57 Å². The van der Waals surface area contributed by atoms with Crippen molar-refractivity contribution in [2.24, 2.45) is 9.98 Å². The minimum atomic E-state index is -0.0324. The van der Waals surface area contributed by atoms with E-state index in [-0.39, 0.29) is 11.5 Å². The number of rotatable bonds is 6. The fraction of sp³-hybridized carbons (Fsp3) is 0.0909. The van der Waals surface area contributed by atoms with Gasteiger partial charge in [0.05, 0.1) is 22.8 Å². The fourth-order valence-corrected chi connectivity index (χ4v) is 9.35. The van der Waals surface area contributed by atoms with Crippen molar-refractivity contribution < 1.29 is 0 Å². The van der Waals surface area contributed by atoms with E-state index in [1.807, 2.05) is 6.07 Å². The van der Waals surface area contributed by atoms with Gasteiger partial charge in [-0.25, -0.2) is 4.99 Å². The number of aliphatic imine (C=N–C) groups is 2. The number of para-hydroxylation sites is 1. The van der Waals surface area contributed by atoms with Crippen LogP contribution in [0.25, 0.3) is 60.9 Å². The standard InChI is InChI=1S/C55H41N3/c1-55(2)48-22-11-9-20-44(48)45-30-26-42(34-49(45)55)40-19-13-18-39(32-40)41-27-31-53-47(33-41)46-21-10-12-23-52(46)58(53)43-28-24-37(25-29-43)51-35-50(36-14-5-3-6-15-36)56-54(57-51)38-16-7-4-8-17-38/h3-34,50H,35H2,1-2H3. The highest BCUT2D eigenvalue weighted by atomic mass is 15.0. The molecule has 1 aliphatic heterocycles. The molecule has 0 amide bonds. The van der Waals surface area contributed by atoms with Crippen LogP contribution < -0.4 is 0 Å². The number of nitrogens with zero attached hydrogens (tertiary/aromatic N) is 3. The van der Waals surface area contributed by atoms with E-state index in [4.69, 9.17) is 9.98 Å². The van der Waals surface area contributed by atoms with Crippen LogP contribution in [-0.2, 0) is 5.41 Å². The number of aromatic nitrogens is 1. The molecule has 11 rings (SSSR count). The molecule has 1 aliphatic carbocycles. The first-order valence-electron chi connectivity index (χ1n) is 20.2. The predicted octanol–water partition coefficient (Wildman–Crippen LogP) is 13.8. The number of fused-ring (bicyclic) bond motifs is 6. The Labute approximate surface area is 339 Å². The Kier molecular flexibility index (Phi) is 7.97. The van der Waals surface area contributed by atoms with Gasteiger partial charge in [-0.1, -0.05) is 166 Å². The van der Waals surface area contributed by atoms with Crippen molar-refractivity contribution in [2.75, 3.05) is 0 Å². The molecule has 8 aromatic carbocycles. The monoisotopic (exact) mass is 743 g/mol. The summed E-state index contributed by atoms with van der Waals surface area (Å²) >= 11 is 0. The summed E-state index contributed by atoms with van der Waals surface area (Å²) in [5.41, 5.74) is 18.3. The van der Waals surface area contributed by atoms with Gasteiger partial charge in [-0.3, -0.25) is 4.99 Å². The van der Waals surface area contributed by atoms with Gasteiger partial charge >= 0.3 is 0 Å². The average Bonchev–Trinajstić information content (AvgIpc) is 3.74. The number of hydrogen-bond acceptors (Lipinski definition) is 2. The molecule has 276 valence electrons. The van der Waals surface area contributed by atoms with Crippen LogP contribution in [0.15, 0.2) is 204 Å². The summed E-state index contributed by atoms with van der Waals surface area (Å²) in [6.07, 6.45) is 0.748. The molecule has 1 unspecified atom stereocenters. The normalized spacial score (nSPS) is 15.5. The molecule has 0 saturated carbocycles. The zero-order valence-corrected chi connectivity index (χ0v) is 32.6. The summed E-state index contributed by atoms with van der Waals surface area (Å²) < 4.78 is 2.39. The summed E-state index contributed by atoms with van der Waals surface area (Å²) in [5.74, 6) is 0.783. The second-order valence-corrected chi connectivity index (χ2v) is 16.2. The number of hydrogen-bond donors (Lipinski definition) is 0. The Morgan fingerprint density at radius 1 is 0.466 bits per heavy atom. The molecule has 0 fully saturated rings. The molecule has 2 heterocycles. The van der Waals surface area contributed by atoms with Crippen LogP contribution in [0.3, 0.4) is 0 Å². The van der Waals surface area contributed by atoms with E-state index in [0.717, 1.165) is 34.8 Å². The first-order valence-corrected chi connectivity index (χ1v) is 20.2. The lowest BCUT2D eigenvalue weighted by Crippen LogP contribution is -2.17. The van der Waals surface area contributed by atoms with Gasteiger partial charge in [-0.2, -0.15) is 0 Å². The maximum Gasteiger partial charge on any atom is 0.155 e. The Balaban J connectivity index is 0.942. The van der Waals surface area contributed by atoms with Crippen LogP contribution in [0.1, 0.15) is 54.1 Å². The van der Waals surface area contributed by atoms with E-state index in [1.54, 1.807) is 0 Å². The molecule has 1 atom stereocenters. The summed E-state index contributed by atoms with van der Waals surface area (Å²) in [5, 5.41) is 2.48. The first-order chi connectivity index (χ1) is 28.5. The molecule has 1 aromatic heterocycles. The summed E-state index contributed by atoms with van der Waals surface area (Å²) in [4.78, 5) is 10.3.